The molecule has 2 rings (SSSR count). The first-order valence-corrected chi connectivity index (χ1v) is 6.95. The quantitative estimate of drug-likeness (QED) is 0.712. The van der Waals surface area contributed by atoms with Crippen LogP contribution >= 0.6 is 11.6 Å². The third-order valence-electron chi connectivity index (χ3n) is 3.37. The summed E-state index contributed by atoms with van der Waals surface area (Å²) in [5.74, 6) is 0.682. The van der Waals surface area contributed by atoms with Gasteiger partial charge in [0.15, 0.2) is 0 Å². The van der Waals surface area contributed by atoms with E-state index >= 15 is 0 Å². The van der Waals surface area contributed by atoms with Crippen molar-refractivity contribution < 1.29 is 14.9 Å². The first-order valence-electron chi connectivity index (χ1n) is 6.57. The first kappa shape index (κ1) is 14.6. The second-order valence-electron chi connectivity index (χ2n) is 5.13. The molecule has 0 radical (unpaired) electrons. The topological polar surface area (TPSA) is 61.7 Å². The number of halogens is 1. The second-order valence-corrected chi connectivity index (χ2v) is 5.56. The van der Waals surface area contributed by atoms with Crippen LogP contribution < -0.4 is 10.1 Å². The zero-order chi connectivity index (χ0) is 13.7. The number of ether oxygens (including phenoxy) is 1. The van der Waals surface area contributed by atoms with Gasteiger partial charge in [0.05, 0.1) is 5.60 Å². The summed E-state index contributed by atoms with van der Waals surface area (Å²) in [6.07, 6.45) is 2.18. The maximum Gasteiger partial charge on any atom is 0.119 e. The lowest BCUT2D eigenvalue weighted by molar-refractivity contribution is -0.0334. The van der Waals surface area contributed by atoms with Crippen molar-refractivity contribution in [1.29, 1.82) is 0 Å². The van der Waals surface area contributed by atoms with Crippen LogP contribution in [0.2, 0.25) is 5.02 Å². The van der Waals surface area contributed by atoms with Crippen LogP contribution in [-0.2, 0) is 0 Å². The standard InChI is InChI=1S/C14H20ClNO3/c15-11-2-4-13(5-3-11)19-9-12(17)8-16-10-14(18)6-1-7-14/h2-5,12,16-18H,1,6-10H2. The van der Waals surface area contributed by atoms with Crippen LogP contribution in [0.15, 0.2) is 24.3 Å². The molecule has 1 unspecified atom stereocenters. The van der Waals surface area contributed by atoms with Gasteiger partial charge in [-0.2, -0.15) is 0 Å². The minimum Gasteiger partial charge on any atom is -0.491 e. The van der Waals surface area contributed by atoms with Crippen LogP contribution in [0.5, 0.6) is 5.75 Å². The fourth-order valence-corrected chi connectivity index (χ4v) is 2.14. The Morgan fingerprint density at radius 1 is 1.32 bits per heavy atom. The van der Waals surface area contributed by atoms with Crippen molar-refractivity contribution >= 4 is 11.6 Å². The number of hydrogen-bond acceptors (Lipinski definition) is 4. The van der Waals surface area contributed by atoms with Crippen molar-refractivity contribution in [1.82, 2.24) is 5.32 Å². The molecule has 4 nitrogen and oxygen atoms in total. The summed E-state index contributed by atoms with van der Waals surface area (Å²) < 4.78 is 5.43. The van der Waals surface area contributed by atoms with Gasteiger partial charge in [0.2, 0.25) is 0 Å². The predicted octanol–water partition coefficient (Wildman–Crippen LogP) is 1.58. The van der Waals surface area contributed by atoms with Crippen LogP contribution in [-0.4, -0.2) is 41.6 Å². The van der Waals surface area contributed by atoms with Gasteiger partial charge in [0.1, 0.15) is 18.5 Å². The summed E-state index contributed by atoms with van der Waals surface area (Å²) in [7, 11) is 0. The molecule has 1 aromatic carbocycles. The van der Waals surface area contributed by atoms with E-state index in [1.807, 2.05) is 0 Å². The summed E-state index contributed by atoms with van der Waals surface area (Å²) in [5.41, 5.74) is -0.559. The van der Waals surface area contributed by atoms with Crippen molar-refractivity contribution in [2.75, 3.05) is 19.7 Å². The van der Waals surface area contributed by atoms with E-state index < -0.39 is 11.7 Å². The molecule has 0 heterocycles. The van der Waals surface area contributed by atoms with Gasteiger partial charge < -0.3 is 20.3 Å². The Balaban J connectivity index is 1.61. The smallest absolute Gasteiger partial charge is 0.119 e. The molecular formula is C14H20ClNO3. The highest BCUT2D eigenvalue weighted by Gasteiger charge is 2.33. The summed E-state index contributed by atoms with van der Waals surface area (Å²) >= 11 is 5.77. The minimum absolute atomic E-state index is 0.215. The van der Waals surface area contributed by atoms with E-state index in [1.54, 1.807) is 24.3 Å². The molecule has 1 aliphatic carbocycles. The highest BCUT2D eigenvalue weighted by molar-refractivity contribution is 6.30. The number of aliphatic hydroxyl groups excluding tert-OH is 1. The van der Waals surface area contributed by atoms with E-state index in [1.165, 1.54) is 0 Å². The van der Waals surface area contributed by atoms with Crippen molar-refractivity contribution in [3.63, 3.8) is 0 Å². The summed E-state index contributed by atoms with van der Waals surface area (Å²) in [5, 5.41) is 23.4. The molecule has 1 fully saturated rings. The van der Waals surface area contributed by atoms with E-state index in [4.69, 9.17) is 16.3 Å². The normalized spacial score (nSPS) is 18.7. The summed E-state index contributed by atoms with van der Waals surface area (Å²) in [4.78, 5) is 0. The Morgan fingerprint density at radius 3 is 2.58 bits per heavy atom. The molecule has 5 heteroatoms. The molecule has 1 saturated carbocycles. The summed E-state index contributed by atoms with van der Waals surface area (Å²) in [6, 6.07) is 7.01. The zero-order valence-electron chi connectivity index (χ0n) is 10.8. The molecule has 0 bridgehead atoms. The van der Waals surface area contributed by atoms with Gasteiger partial charge in [-0.15, -0.1) is 0 Å². The molecule has 0 saturated heterocycles. The summed E-state index contributed by atoms with van der Waals surface area (Å²) in [6.45, 7) is 1.16. The highest BCUT2D eigenvalue weighted by Crippen LogP contribution is 2.30. The minimum atomic E-state index is -0.598. The Hall–Kier alpha value is -0.810. The van der Waals surface area contributed by atoms with E-state index in [9.17, 15) is 10.2 Å². The number of nitrogens with one attached hydrogen (secondary N) is 1. The average Bonchev–Trinajstić information content (AvgIpc) is 2.36. The molecule has 0 aliphatic heterocycles. The van der Waals surface area contributed by atoms with Gasteiger partial charge >= 0.3 is 0 Å². The van der Waals surface area contributed by atoms with Gasteiger partial charge in [-0.3, -0.25) is 0 Å². The molecule has 0 spiro atoms. The Labute approximate surface area is 118 Å². The second kappa shape index (κ2) is 6.57. The van der Waals surface area contributed by atoms with E-state index in [2.05, 4.69) is 5.32 Å². The molecule has 3 N–H and O–H groups in total. The molecule has 106 valence electrons. The maximum atomic E-state index is 9.87. The van der Waals surface area contributed by atoms with Crippen LogP contribution in [0.4, 0.5) is 0 Å². The third-order valence-corrected chi connectivity index (χ3v) is 3.63. The lowest BCUT2D eigenvalue weighted by Crippen LogP contribution is -2.48. The van der Waals surface area contributed by atoms with E-state index in [-0.39, 0.29) is 6.61 Å². The molecule has 0 aromatic heterocycles. The lowest BCUT2D eigenvalue weighted by atomic mass is 9.80. The van der Waals surface area contributed by atoms with Crippen LogP contribution in [0.3, 0.4) is 0 Å². The third kappa shape index (κ3) is 4.66. The predicted molar refractivity (Wildman–Crippen MR) is 74.6 cm³/mol. The van der Waals surface area contributed by atoms with Gasteiger partial charge in [0, 0.05) is 18.1 Å². The molecule has 1 aromatic rings. The van der Waals surface area contributed by atoms with Crippen molar-refractivity contribution in [3.8, 4) is 5.75 Å². The number of benzene rings is 1. The fraction of sp³-hybridized carbons (Fsp3) is 0.571. The van der Waals surface area contributed by atoms with Gasteiger partial charge in [0.25, 0.3) is 0 Å². The Morgan fingerprint density at radius 2 is 2.00 bits per heavy atom. The van der Waals surface area contributed by atoms with Crippen molar-refractivity contribution in [2.24, 2.45) is 0 Å². The van der Waals surface area contributed by atoms with E-state index in [0.717, 1.165) is 19.3 Å². The maximum absolute atomic E-state index is 9.87. The van der Waals surface area contributed by atoms with Crippen molar-refractivity contribution in [2.45, 2.75) is 31.0 Å². The Bertz CT molecular complexity index is 392. The molecule has 19 heavy (non-hydrogen) atoms. The van der Waals surface area contributed by atoms with E-state index in [0.29, 0.717) is 23.9 Å². The lowest BCUT2D eigenvalue weighted by Gasteiger charge is -2.36. The van der Waals surface area contributed by atoms with Gasteiger partial charge in [-0.1, -0.05) is 11.6 Å². The molecular weight excluding hydrogens is 266 g/mol. The van der Waals surface area contributed by atoms with Crippen molar-refractivity contribution in [3.05, 3.63) is 29.3 Å². The zero-order valence-corrected chi connectivity index (χ0v) is 11.6. The molecule has 1 atom stereocenters. The van der Waals surface area contributed by atoms with Gasteiger partial charge in [-0.25, -0.2) is 0 Å². The SMILES string of the molecule is OC(CNCC1(O)CCC1)COc1ccc(Cl)cc1. The fourth-order valence-electron chi connectivity index (χ4n) is 2.02. The number of aliphatic hydroxyl groups is 2. The monoisotopic (exact) mass is 285 g/mol. The first-order chi connectivity index (χ1) is 9.07. The largest absolute Gasteiger partial charge is 0.491 e. The highest BCUT2D eigenvalue weighted by atomic mass is 35.5. The Kier molecular flexibility index (Phi) is 5.05. The average molecular weight is 286 g/mol. The van der Waals surface area contributed by atoms with Crippen LogP contribution in [0.1, 0.15) is 19.3 Å². The van der Waals surface area contributed by atoms with Gasteiger partial charge in [-0.05, 0) is 43.5 Å². The molecule has 1 aliphatic rings. The molecule has 0 amide bonds. The number of hydrogen-bond donors (Lipinski definition) is 3. The van der Waals surface area contributed by atoms with Crippen LogP contribution in [0.25, 0.3) is 0 Å². The van der Waals surface area contributed by atoms with Crippen LogP contribution in [0, 0.1) is 0 Å². The number of rotatable bonds is 7.